The van der Waals surface area contributed by atoms with Crippen LogP contribution in [0.2, 0.25) is 0 Å². The van der Waals surface area contributed by atoms with E-state index >= 15 is 8.78 Å². The Bertz CT molecular complexity index is 8760. The van der Waals surface area contributed by atoms with E-state index in [9.17, 15) is 147 Å². The molecule has 8 aliphatic carbocycles. The molecule has 0 saturated carbocycles. The SMILES string of the molecule is [C-]#[N+]C1=C([N+]#[C-])c2c(C#N)c3c(c(C#N)c2/C1=C(\C#N)[N+]#[C-])C(C#N)=C(C#N)/C3=C(\C#N)[N+]#[C-].[C-]#[N+]C1=C([N+]#[C-])c2c(F)c3c(c(F)c2/C1=C(\C#N)[N+]#[C-])C(C#N)=C(C#N)/C3=C(\C#N)[N+]#[C-].[C-]#[N+]C1=C([N+]#[C-])c2c(OC(F)(F)F)c3c(c(OC(F)(F)F)c2/C1=C(\C#N)[N+]#[C-])C(C#N)=C(C#N)/C3=C(\C#N)[N+]#[C-].[C-]#[N+]C1=C([N+]#[C-])c2c(c(C(F)(F)F)c3c(c2C(F)(F)F)/C(=C(/C#N)[N+]#[C-])C(C#N)=C3C#N)/C1=C(\C#N)[N+]#[C-]. The second kappa shape index (κ2) is 38.6. The van der Waals surface area contributed by atoms with Gasteiger partial charge in [-0.2, -0.15) is 79.0 Å². The van der Waals surface area contributed by atoms with Crippen molar-refractivity contribution in [2.75, 3.05) is 0 Å². The van der Waals surface area contributed by atoms with Gasteiger partial charge in [0.05, 0.1) is 251 Å². The first kappa shape index (κ1) is 102. The highest BCUT2D eigenvalue weighted by Crippen LogP contribution is 2.66. The molecule has 0 atom stereocenters. The van der Waals surface area contributed by atoms with E-state index in [2.05, 4.69) is 87.0 Å². The standard InChI is InChI=1S/C24F6N8O2.C24F6N8.C24N10.C22F2N8/c1-35-11(7-33)13-9(5-31)10(6-32)14-16(13)22(40-24(28,29)30)18-17(21(14)39-23(25,26)27)15(12(8-34)36-2)19(37-3)20(18)38-4;1-35-11(7-33)13-9(5-31)10(6-32)14-16(13)20(24(28,29)30)18-17(19(14)23(25,26)27)15(12(8-34)36-2)21(37-3)22(18)38-4;1-31-15(9-29)18-12(6-26)11(5-25)17-13(7-27)20-21(14(8-28)19(17)18)23(33-3)24(34-4)22(20)16(10-30)32-2;1-29-11(7-27)13-9(5-25)10(6-26)14-16(13)20(24)18-17(19(14)23)15(12(8-28)30-2)21(31-3)22(18)32-4/b2*13-11-,15-12-;18-15-,22-16-;13-11-,15-12-. The zero-order chi connectivity index (χ0) is 108. The summed E-state index contributed by atoms with van der Waals surface area (Å²) in [5.41, 5.74) is -46.6. The second-order valence-electron chi connectivity index (χ2n) is 26.3. The highest BCUT2D eigenvalue weighted by Gasteiger charge is 2.56. The monoisotopic (exact) mass is 1900 g/mol. The lowest BCUT2D eigenvalue weighted by Crippen LogP contribution is -2.22. The molecule has 0 heterocycles. The summed E-state index contributed by atoms with van der Waals surface area (Å²) in [6.45, 7) is 117. The number of hydrogen-bond acceptors (Lipinski definition) is 20. The fourth-order valence-corrected chi connectivity index (χ4v) is 15.6. The molecule has 8 aliphatic rings. The van der Waals surface area contributed by atoms with Crippen molar-refractivity contribution in [1.82, 2.24) is 0 Å². The number of fused-ring (bicyclic) bond motifs is 8. The molecular formula is C94F14N34O2. The van der Waals surface area contributed by atoms with Crippen LogP contribution in [0, 0.1) is 321 Å². The van der Waals surface area contributed by atoms with Gasteiger partial charge in [-0.1, -0.05) is 0 Å². The van der Waals surface area contributed by atoms with Crippen LogP contribution >= 0.6 is 0 Å². The molecular weight excluding hydrogens is 1900 g/mol. The predicted molar refractivity (Wildman–Crippen MR) is 445 cm³/mol. The molecule has 144 heavy (non-hydrogen) atoms. The summed E-state index contributed by atoms with van der Waals surface area (Å²) in [5.74, 6) is -5.85. The van der Waals surface area contributed by atoms with Crippen LogP contribution in [0.1, 0.15) is 111 Å². The van der Waals surface area contributed by atoms with Crippen molar-refractivity contribution in [3.05, 3.63) is 396 Å². The largest absolute Gasteiger partial charge is 0.573 e. The first-order chi connectivity index (χ1) is 68.5. The van der Waals surface area contributed by atoms with E-state index in [0.717, 1.165) is 0 Å². The molecule has 0 radical (unpaired) electrons. The average Bonchev–Trinajstić information content (AvgIpc) is 1.51. The molecule has 4 aromatic rings. The lowest BCUT2D eigenvalue weighted by molar-refractivity contribution is -0.277. The molecule has 656 valence electrons. The lowest BCUT2D eigenvalue weighted by atomic mass is 9.83. The first-order valence-corrected chi connectivity index (χ1v) is 35.6. The highest BCUT2D eigenvalue weighted by atomic mass is 19.4. The Morgan fingerprint density at radius 2 is 0.417 bits per heavy atom. The molecule has 12 rings (SSSR count). The third-order valence-corrected chi connectivity index (χ3v) is 20.2. The average molecular weight is 1900 g/mol. The van der Waals surface area contributed by atoms with Crippen molar-refractivity contribution in [1.29, 1.82) is 94.7 Å². The third-order valence-electron chi connectivity index (χ3n) is 20.2. The zero-order valence-electron chi connectivity index (χ0n) is 68.3. The highest BCUT2D eigenvalue weighted by molar-refractivity contribution is 6.22. The van der Waals surface area contributed by atoms with Crippen LogP contribution in [0.4, 0.5) is 61.5 Å². The number of rotatable bonds is 2. The Morgan fingerprint density at radius 1 is 0.201 bits per heavy atom. The van der Waals surface area contributed by atoms with E-state index in [0.29, 0.717) is 0 Å². The summed E-state index contributed by atoms with van der Waals surface area (Å²) in [4.78, 5) is 47.3. The summed E-state index contributed by atoms with van der Waals surface area (Å²) >= 11 is 0. The number of hydrogen-bond donors (Lipinski definition) is 0. The maximum Gasteiger partial charge on any atom is 0.573 e. The van der Waals surface area contributed by atoms with E-state index in [1.54, 1.807) is 36.4 Å². The van der Waals surface area contributed by atoms with Gasteiger partial charge in [-0.05, 0) is 55.7 Å². The van der Waals surface area contributed by atoms with Crippen LogP contribution in [0.3, 0.4) is 0 Å². The molecule has 0 fully saturated rings. The van der Waals surface area contributed by atoms with E-state index in [1.807, 2.05) is 12.1 Å². The minimum absolute atomic E-state index is 0.227. The topological polar surface area (TPSA) is 516 Å². The number of halogens is 14. The number of nitrogens with zero attached hydrogens (tertiary/aromatic N) is 34. The van der Waals surface area contributed by atoms with Crippen molar-refractivity contribution in [3.8, 4) is 121 Å². The van der Waals surface area contributed by atoms with E-state index < -0.39 is 290 Å². The summed E-state index contributed by atoms with van der Waals surface area (Å²) in [6, 6.07) is 26.7. The lowest BCUT2D eigenvalue weighted by Gasteiger charge is -2.25. The van der Waals surface area contributed by atoms with Gasteiger partial charge in [0, 0.05) is 77.9 Å². The molecule has 0 unspecified atom stereocenters. The number of ether oxygens (including phenoxy) is 2. The minimum atomic E-state index is -5.68. The van der Waals surface area contributed by atoms with Crippen molar-refractivity contribution in [2.45, 2.75) is 25.1 Å². The van der Waals surface area contributed by atoms with Crippen molar-refractivity contribution in [2.24, 2.45) is 0 Å². The van der Waals surface area contributed by atoms with Gasteiger partial charge in [0.25, 0.3) is 45.6 Å². The minimum Gasteiger partial charge on any atom is -0.406 e. The Morgan fingerprint density at radius 3 is 0.729 bits per heavy atom. The summed E-state index contributed by atoms with van der Waals surface area (Å²) < 4.78 is 210. The van der Waals surface area contributed by atoms with Gasteiger partial charge in [-0.3, -0.25) is 19.4 Å². The van der Waals surface area contributed by atoms with Crippen LogP contribution in [-0.2, 0) is 12.4 Å². The molecule has 36 nitrogen and oxygen atoms in total. The Balaban J connectivity index is 0.000000215. The number of allylic oxidation sites excluding steroid dienone is 24. The molecule has 4 aromatic carbocycles. The summed E-state index contributed by atoms with van der Waals surface area (Å²) in [7, 11) is 0. The first-order valence-electron chi connectivity index (χ1n) is 35.6. The summed E-state index contributed by atoms with van der Waals surface area (Å²) in [6.07, 6.45) is -22.7. The van der Waals surface area contributed by atoms with Crippen molar-refractivity contribution >= 4 is 89.7 Å². The molecule has 0 spiro atoms. The van der Waals surface area contributed by atoms with Gasteiger partial charge in [0.1, 0.15) is 53.5 Å². The van der Waals surface area contributed by atoms with Gasteiger partial charge in [-0.15, -0.1) is 26.3 Å². The molecule has 0 aromatic heterocycles. The van der Waals surface area contributed by atoms with Gasteiger partial charge >= 0.3 is 25.1 Å². The van der Waals surface area contributed by atoms with E-state index in [1.165, 1.54) is 60.7 Å². The number of nitriles is 18. The van der Waals surface area contributed by atoms with E-state index in [4.69, 9.17) is 105 Å². The van der Waals surface area contributed by atoms with Gasteiger partial charge in [0.15, 0.2) is 22.8 Å². The molecule has 0 N–H and O–H groups in total. The Kier molecular flexibility index (Phi) is 27.3. The van der Waals surface area contributed by atoms with Crippen molar-refractivity contribution < 1.29 is 70.9 Å². The van der Waals surface area contributed by atoms with E-state index in [-0.39, 0.29) is 50.1 Å². The quantitative estimate of drug-likeness (QED) is 0.102. The number of benzene rings is 4. The van der Waals surface area contributed by atoms with Crippen LogP contribution in [0.5, 0.6) is 11.5 Å². The Hall–Kier alpha value is -26.0. The molecule has 0 amide bonds. The van der Waals surface area contributed by atoms with Crippen LogP contribution in [0.25, 0.3) is 167 Å². The van der Waals surface area contributed by atoms with Gasteiger partial charge in [-0.25, -0.2) is 109 Å². The molecule has 0 bridgehead atoms. The predicted octanol–water partition coefficient (Wildman–Crippen LogP) is 21.2. The fraction of sp³-hybridized carbons (Fsp3) is 0.0426. The molecule has 0 aliphatic heterocycles. The van der Waals surface area contributed by atoms with Crippen LogP contribution < -0.4 is 9.47 Å². The molecule has 0 saturated heterocycles. The fourth-order valence-electron chi connectivity index (χ4n) is 15.6. The summed E-state index contributed by atoms with van der Waals surface area (Å²) in [5, 5.41) is 172. The van der Waals surface area contributed by atoms with Gasteiger partial charge in [0.2, 0.25) is 22.8 Å². The second-order valence-corrected chi connectivity index (χ2v) is 26.3. The smallest absolute Gasteiger partial charge is 0.406 e. The van der Waals surface area contributed by atoms with Crippen LogP contribution in [0.15, 0.2) is 90.7 Å². The maximum atomic E-state index is 15.8. The number of alkyl halides is 12. The zero-order valence-corrected chi connectivity index (χ0v) is 68.3. The van der Waals surface area contributed by atoms with Crippen molar-refractivity contribution in [3.63, 3.8) is 0 Å². The third kappa shape index (κ3) is 15.0. The Labute approximate surface area is 793 Å². The maximum absolute atomic E-state index is 15.8. The molecule has 50 heteroatoms. The van der Waals surface area contributed by atoms with Gasteiger partial charge < -0.3 is 9.47 Å². The normalized spacial score (nSPS) is 15.9. The van der Waals surface area contributed by atoms with Crippen LogP contribution in [-0.4, -0.2) is 12.7 Å².